The van der Waals surface area contributed by atoms with Crippen molar-refractivity contribution in [3.63, 3.8) is 0 Å². The molecule has 1 aromatic heterocycles. The molecule has 0 fully saturated rings. The van der Waals surface area contributed by atoms with Crippen LogP contribution >= 0.6 is 0 Å². The van der Waals surface area contributed by atoms with Gasteiger partial charge in [0.1, 0.15) is 11.6 Å². The Morgan fingerprint density at radius 3 is 2.50 bits per heavy atom. The number of rotatable bonds is 4. The lowest BCUT2D eigenvalue weighted by atomic mass is 9.84. The Bertz CT molecular complexity index is 1160. The number of hydrogen-bond acceptors (Lipinski definition) is 4. The maximum atomic E-state index is 14.2. The second-order valence-corrected chi connectivity index (χ2v) is 7.96. The van der Waals surface area contributed by atoms with Crippen LogP contribution in [0, 0.1) is 5.82 Å². The summed E-state index contributed by atoms with van der Waals surface area (Å²) in [6, 6.07) is 10.8. The Kier molecular flexibility index (Phi) is 5.64. The number of aromatic amines is 1. The number of methoxy groups -OCH3 is 1. The first-order valence-electron chi connectivity index (χ1n) is 9.39. The summed E-state index contributed by atoms with van der Waals surface area (Å²) >= 11 is 0. The average Bonchev–Trinajstić information content (AvgIpc) is 2.67. The monoisotopic (exact) mass is 409 g/mol. The van der Waals surface area contributed by atoms with Crippen molar-refractivity contribution in [3.8, 4) is 16.9 Å². The Balaban J connectivity index is 2.17. The summed E-state index contributed by atoms with van der Waals surface area (Å²) in [4.78, 5) is 27.8. The van der Waals surface area contributed by atoms with Crippen molar-refractivity contribution in [2.75, 3.05) is 18.2 Å². The smallest absolute Gasteiger partial charge is 0.258 e. The summed E-state index contributed by atoms with van der Waals surface area (Å²) in [5.41, 5.74) is 7.21. The van der Waals surface area contributed by atoms with Crippen LogP contribution in [0.25, 0.3) is 11.1 Å². The van der Waals surface area contributed by atoms with Crippen LogP contribution in [0.1, 0.15) is 36.7 Å². The number of hydrogen-bond donors (Lipinski definition) is 3. The molecule has 0 saturated heterocycles. The molecule has 0 saturated carbocycles. The van der Waals surface area contributed by atoms with E-state index >= 15 is 0 Å². The van der Waals surface area contributed by atoms with Crippen molar-refractivity contribution in [2.45, 2.75) is 26.2 Å². The maximum absolute atomic E-state index is 14.2. The van der Waals surface area contributed by atoms with E-state index in [1.165, 1.54) is 19.2 Å². The summed E-state index contributed by atoms with van der Waals surface area (Å²) < 4.78 is 19.8. The molecule has 0 unspecified atom stereocenters. The number of aromatic nitrogens is 1. The number of benzene rings is 2. The predicted octanol–water partition coefficient (Wildman–Crippen LogP) is 4.32. The van der Waals surface area contributed by atoms with Crippen molar-refractivity contribution in [1.29, 1.82) is 0 Å². The largest absolute Gasteiger partial charge is 0.494 e. The Hall–Kier alpha value is -3.61. The lowest BCUT2D eigenvalue weighted by molar-refractivity contribution is 0.102. The highest BCUT2D eigenvalue weighted by atomic mass is 19.1. The third kappa shape index (κ3) is 4.20. The summed E-state index contributed by atoms with van der Waals surface area (Å²) in [6.45, 7) is 5.99. The lowest BCUT2D eigenvalue weighted by Crippen LogP contribution is -2.18. The van der Waals surface area contributed by atoms with Gasteiger partial charge in [0, 0.05) is 23.0 Å². The fourth-order valence-electron chi connectivity index (χ4n) is 3.21. The number of anilines is 2. The molecule has 3 rings (SSSR count). The van der Waals surface area contributed by atoms with Gasteiger partial charge in [-0.2, -0.15) is 0 Å². The minimum atomic E-state index is -0.724. The first-order valence-corrected chi connectivity index (χ1v) is 9.39. The van der Waals surface area contributed by atoms with E-state index < -0.39 is 11.7 Å². The van der Waals surface area contributed by atoms with E-state index in [1.54, 1.807) is 24.4 Å². The van der Waals surface area contributed by atoms with Gasteiger partial charge >= 0.3 is 0 Å². The molecule has 30 heavy (non-hydrogen) atoms. The van der Waals surface area contributed by atoms with Crippen molar-refractivity contribution in [1.82, 2.24) is 4.98 Å². The molecule has 0 radical (unpaired) electrons. The lowest BCUT2D eigenvalue weighted by Gasteiger charge is -2.25. The Labute approximate surface area is 173 Å². The van der Waals surface area contributed by atoms with Gasteiger partial charge in [0.2, 0.25) is 0 Å². The highest BCUT2D eigenvalue weighted by Gasteiger charge is 2.25. The van der Waals surface area contributed by atoms with Gasteiger partial charge < -0.3 is 20.8 Å². The molecule has 7 heteroatoms. The fourth-order valence-corrected chi connectivity index (χ4v) is 3.21. The second-order valence-electron chi connectivity index (χ2n) is 7.96. The summed E-state index contributed by atoms with van der Waals surface area (Å²) in [5, 5.41) is 2.72. The number of ether oxygens (including phenoxy) is 1. The number of halogens is 1. The maximum Gasteiger partial charge on any atom is 0.258 e. The zero-order valence-electron chi connectivity index (χ0n) is 17.3. The fraction of sp³-hybridized carbons (Fsp3) is 0.217. The topological polar surface area (TPSA) is 97.2 Å². The minimum absolute atomic E-state index is 0.147. The molecule has 2 aromatic carbocycles. The van der Waals surface area contributed by atoms with Crippen LogP contribution in [0.3, 0.4) is 0 Å². The molecule has 0 aliphatic carbocycles. The van der Waals surface area contributed by atoms with Crippen LogP contribution in [-0.4, -0.2) is 18.0 Å². The summed E-state index contributed by atoms with van der Waals surface area (Å²) in [7, 11) is 1.50. The molecule has 3 aromatic rings. The van der Waals surface area contributed by atoms with Gasteiger partial charge in [0.05, 0.1) is 18.4 Å². The van der Waals surface area contributed by atoms with Crippen LogP contribution in [0.2, 0.25) is 0 Å². The molecule has 6 nitrogen and oxygen atoms in total. The Morgan fingerprint density at radius 1 is 1.17 bits per heavy atom. The average molecular weight is 409 g/mol. The third-order valence-electron chi connectivity index (χ3n) is 4.72. The molecule has 0 aliphatic rings. The van der Waals surface area contributed by atoms with Crippen molar-refractivity contribution in [2.24, 2.45) is 0 Å². The number of H-pyrrole nitrogens is 1. The molecule has 1 amide bonds. The zero-order chi connectivity index (χ0) is 22.1. The molecule has 0 aliphatic heterocycles. The van der Waals surface area contributed by atoms with Crippen LogP contribution in [0.15, 0.2) is 53.5 Å². The van der Waals surface area contributed by atoms with Gasteiger partial charge in [-0.3, -0.25) is 9.59 Å². The van der Waals surface area contributed by atoms with E-state index in [2.05, 4.69) is 10.3 Å². The highest BCUT2D eigenvalue weighted by molar-refractivity contribution is 6.06. The number of amides is 1. The summed E-state index contributed by atoms with van der Waals surface area (Å²) in [6.07, 6.45) is 1.55. The normalized spacial score (nSPS) is 11.2. The van der Waals surface area contributed by atoms with Crippen LogP contribution in [0.4, 0.5) is 15.8 Å². The first kappa shape index (κ1) is 21.1. The van der Waals surface area contributed by atoms with Gasteiger partial charge in [-0.1, -0.05) is 20.8 Å². The molecular weight excluding hydrogens is 385 g/mol. The van der Waals surface area contributed by atoms with Gasteiger partial charge in [-0.05, 0) is 53.4 Å². The van der Waals surface area contributed by atoms with Crippen LogP contribution in [-0.2, 0) is 5.41 Å². The number of nitrogens with one attached hydrogen (secondary N) is 2. The number of nitrogens with two attached hydrogens (primary N) is 1. The SMILES string of the molecule is COc1c(NC(=O)c2ccc(N)cc2F)cc(-c2ccc[nH]c2=O)cc1C(C)(C)C. The number of nitrogen functional groups attached to an aromatic ring is 1. The van der Waals surface area contributed by atoms with Crippen LogP contribution < -0.4 is 21.3 Å². The van der Waals surface area contributed by atoms with Gasteiger partial charge in [-0.25, -0.2) is 4.39 Å². The summed E-state index contributed by atoms with van der Waals surface area (Å²) in [5.74, 6) is -0.925. The zero-order valence-corrected chi connectivity index (χ0v) is 17.3. The molecule has 0 bridgehead atoms. The highest BCUT2D eigenvalue weighted by Crippen LogP contribution is 2.40. The van der Waals surface area contributed by atoms with E-state index in [-0.39, 0.29) is 22.2 Å². The molecule has 1 heterocycles. The third-order valence-corrected chi connectivity index (χ3v) is 4.72. The van der Waals surface area contributed by atoms with E-state index in [1.807, 2.05) is 26.8 Å². The predicted molar refractivity (Wildman–Crippen MR) is 117 cm³/mol. The quantitative estimate of drug-likeness (QED) is 0.559. The van der Waals surface area contributed by atoms with Gasteiger partial charge in [0.15, 0.2) is 0 Å². The van der Waals surface area contributed by atoms with Gasteiger partial charge in [-0.15, -0.1) is 0 Å². The standard InChI is InChI=1S/C23H24FN3O3/c1-23(2,3)17-10-13(15-6-5-9-26-21(15)28)11-19(20(17)30-4)27-22(29)16-8-7-14(25)12-18(16)24/h5-12H,25H2,1-4H3,(H,26,28)(H,27,29). The molecule has 0 atom stereocenters. The van der Waals surface area contributed by atoms with Crippen molar-refractivity contribution >= 4 is 17.3 Å². The number of carbonyl (C=O) groups is 1. The Morgan fingerprint density at radius 2 is 1.90 bits per heavy atom. The minimum Gasteiger partial charge on any atom is -0.494 e. The van der Waals surface area contributed by atoms with E-state index in [4.69, 9.17) is 10.5 Å². The van der Waals surface area contributed by atoms with Gasteiger partial charge in [0.25, 0.3) is 11.5 Å². The molecular formula is C23H24FN3O3. The van der Waals surface area contributed by atoms with Crippen molar-refractivity contribution in [3.05, 3.63) is 76.0 Å². The molecule has 156 valence electrons. The van der Waals surface area contributed by atoms with E-state index in [0.29, 0.717) is 22.6 Å². The van der Waals surface area contributed by atoms with Crippen molar-refractivity contribution < 1.29 is 13.9 Å². The second kappa shape index (κ2) is 8.02. The first-order chi connectivity index (χ1) is 14.1. The van der Waals surface area contributed by atoms with Crippen LogP contribution in [0.5, 0.6) is 5.75 Å². The molecule has 0 spiro atoms. The molecule has 4 N–H and O–H groups in total. The number of pyridine rings is 1. The van der Waals surface area contributed by atoms with E-state index in [9.17, 15) is 14.0 Å². The van der Waals surface area contributed by atoms with E-state index in [0.717, 1.165) is 11.6 Å². The number of carbonyl (C=O) groups excluding carboxylic acids is 1.